The van der Waals surface area contributed by atoms with Crippen molar-refractivity contribution in [1.29, 1.82) is 0 Å². The van der Waals surface area contributed by atoms with E-state index < -0.39 is 18.4 Å². The van der Waals surface area contributed by atoms with Crippen LogP contribution in [0.15, 0.2) is 18.2 Å². The lowest BCUT2D eigenvalue weighted by Gasteiger charge is -2.34. The lowest BCUT2D eigenvalue weighted by molar-refractivity contribution is -0.353. The Kier molecular flexibility index (Phi) is 4.80. The van der Waals surface area contributed by atoms with Crippen molar-refractivity contribution in [2.75, 3.05) is 5.32 Å². The topological polar surface area (TPSA) is 38.3 Å². The average molecular weight is 420 g/mol. The molecule has 0 radical (unpaired) electrons. The number of rotatable bonds is 3. The molecule has 0 aromatic heterocycles. The Morgan fingerprint density at radius 1 is 1.40 bits per heavy atom. The fourth-order valence-electron chi connectivity index (χ4n) is 1.88. The first-order valence-electron chi connectivity index (χ1n) is 5.75. The third kappa shape index (κ3) is 4.23. The molecule has 110 valence electrons. The van der Waals surface area contributed by atoms with E-state index in [1.54, 1.807) is 18.2 Å². The molecule has 1 aromatic rings. The van der Waals surface area contributed by atoms with Gasteiger partial charge in [-0.15, -0.1) is 13.2 Å². The molecular formula is C12H10ClF3INO2. The molecule has 8 heteroatoms. The molecule has 2 rings (SSSR count). The Morgan fingerprint density at radius 2 is 2.05 bits per heavy atom. The van der Waals surface area contributed by atoms with Crippen LogP contribution in [0.5, 0.6) is 0 Å². The van der Waals surface area contributed by atoms with Crippen molar-refractivity contribution in [3.63, 3.8) is 0 Å². The van der Waals surface area contributed by atoms with Gasteiger partial charge < -0.3 is 5.32 Å². The van der Waals surface area contributed by atoms with E-state index in [1.807, 2.05) is 0 Å². The summed E-state index contributed by atoms with van der Waals surface area (Å²) in [6, 6.07) is 5.03. The van der Waals surface area contributed by atoms with Crippen molar-refractivity contribution < 1.29 is 22.7 Å². The molecule has 1 N–H and O–H groups in total. The van der Waals surface area contributed by atoms with Gasteiger partial charge in [-0.1, -0.05) is 11.6 Å². The smallest absolute Gasteiger partial charge is 0.326 e. The van der Waals surface area contributed by atoms with Gasteiger partial charge >= 0.3 is 6.36 Å². The van der Waals surface area contributed by atoms with Crippen molar-refractivity contribution in [2.45, 2.75) is 25.3 Å². The summed E-state index contributed by atoms with van der Waals surface area (Å²) < 4.78 is 40.5. The van der Waals surface area contributed by atoms with Crippen LogP contribution >= 0.6 is 34.2 Å². The zero-order chi connectivity index (χ0) is 14.9. The highest BCUT2D eigenvalue weighted by molar-refractivity contribution is 14.1. The molecule has 0 spiro atoms. The number of amides is 1. The van der Waals surface area contributed by atoms with Gasteiger partial charge in [-0.25, -0.2) is 0 Å². The van der Waals surface area contributed by atoms with Crippen LogP contribution in [0.3, 0.4) is 0 Å². The van der Waals surface area contributed by atoms with Crippen LogP contribution in [0.25, 0.3) is 0 Å². The normalized spacial score (nSPS) is 22.2. The van der Waals surface area contributed by atoms with E-state index in [1.165, 1.54) is 0 Å². The minimum atomic E-state index is -4.64. The summed E-state index contributed by atoms with van der Waals surface area (Å²) in [6.45, 7) is 0. The number of carbonyl (C=O) groups excluding carboxylic acids is 1. The number of hydrogen-bond acceptors (Lipinski definition) is 2. The zero-order valence-electron chi connectivity index (χ0n) is 10.0. The summed E-state index contributed by atoms with van der Waals surface area (Å²) in [5.74, 6) is -0.773. The molecule has 1 aromatic carbocycles. The third-order valence-corrected chi connectivity index (χ3v) is 4.53. The number of anilines is 1. The highest BCUT2D eigenvalue weighted by Gasteiger charge is 2.42. The Morgan fingerprint density at radius 3 is 2.60 bits per heavy atom. The molecule has 0 atom stereocenters. The summed E-state index contributed by atoms with van der Waals surface area (Å²) in [5.41, 5.74) is 0.528. The number of benzene rings is 1. The molecule has 1 aliphatic rings. The molecule has 20 heavy (non-hydrogen) atoms. The molecular weight excluding hydrogens is 409 g/mol. The van der Waals surface area contributed by atoms with E-state index in [2.05, 4.69) is 32.6 Å². The lowest BCUT2D eigenvalue weighted by atomic mass is 9.81. The molecule has 1 aliphatic carbocycles. The van der Waals surface area contributed by atoms with Crippen LogP contribution in [0, 0.1) is 9.49 Å². The van der Waals surface area contributed by atoms with Gasteiger partial charge in [0.2, 0.25) is 5.91 Å². The van der Waals surface area contributed by atoms with Crippen LogP contribution < -0.4 is 5.32 Å². The fraction of sp³-hybridized carbons (Fsp3) is 0.417. The average Bonchev–Trinajstić information content (AvgIpc) is 2.26. The standard InChI is InChI=1S/C12H10ClF3INO2/c13-9-5-7(1-2-10(9)17)18-11(19)6-3-8(4-6)20-12(14,15)16/h1-2,5-6,8H,3-4H2,(H,18,19). The van der Waals surface area contributed by atoms with E-state index >= 15 is 0 Å². The zero-order valence-corrected chi connectivity index (χ0v) is 12.9. The van der Waals surface area contributed by atoms with E-state index in [4.69, 9.17) is 11.6 Å². The minimum absolute atomic E-state index is 0.0729. The van der Waals surface area contributed by atoms with Crippen LogP contribution in [0.4, 0.5) is 18.9 Å². The van der Waals surface area contributed by atoms with Gasteiger partial charge in [-0.3, -0.25) is 9.53 Å². The van der Waals surface area contributed by atoms with Gasteiger partial charge in [0.1, 0.15) is 0 Å². The molecule has 0 aliphatic heterocycles. The summed E-state index contributed by atoms with van der Waals surface area (Å²) >= 11 is 7.97. The first kappa shape index (κ1) is 15.8. The Bertz CT molecular complexity index is 518. The second-order valence-corrected chi connectivity index (χ2v) is 6.04. The Hall–Kier alpha value is -0.540. The fourth-order valence-corrected chi connectivity index (χ4v) is 2.40. The van der Waals surface area contributed by atoms with Crippen molar-refractivity contribution >= 4 is 45.8 Å². The minimum Gasteiger partial charge on any atom is -0.326 e. The highest BCUT2D eigenvalue weighted by Crippen LogP contribution is 2.35. The van der Waals surface area contributed by atoms with Crippen LogP contribution in [-0.4, -0.2) is 18.4 Å². The summed E-state index contributed by atoms with van der Waals surface area (Å²) in [4.78, 5) is 11.8. The van der Waals surface area contributed by atoms with Crippen LogP contribution in [0.1, 0.15) is 12.8 Å². The number of alkyl halides is 3. The number of ether oxygens (including phenoxy) is 1. The molecule has 0 bridgehead atoms. The maximum atomic E-state index is 11.9. The number of nitrogens with one attached hydrogen (secondary N) is 1. The summed E-state index contributed by atoms with van der Waals surface area (Å²) in [7, 11) is 0. The molecule has 1 amide bonds. The summed E-state index contributed by atoms with van der Waals surface area (Å²) in [5, 5.41) is 3.14. The van der Waals surface area contributed by atoms with E-state index in [-0.39, 0.29) is 18.7 Å². The quantitative estimate of drug-likeness (QED) is 0.746. The summed E-state index contributed by atoms with van der Waals surface area (Å²) in [6.07, 6.45) is -5.42. The second-order valence-electron chi connectivity index (χ2n) is 4.47. The van der Waals surface area contributed by atoms with Gasteiger partial charge in [-0.05, 0) is 53.6 Å². The van der Waals surface area contributed by atoms with Crippen molar-refractivity contribution in [3.8, 4) is 0 Å². The lowest BCUT2D eigenvalue weighted by Crippen LogP contribution is -2.41. The van der Waals surface area contributed by atoms with Crippen molar-refractivity contribution in [3.05, 3.63) is 26.8 Å². The maximum Gasteiger partial charge on any atom is 0.522 e. The highest BCUT2D eigenvalue weighted by atomic mass is 127. The monoisotopic (exact) mass is 419 g/mol. The van der Waals surface area contributed by atoms with E-state index in [0.717, 1.165) is 3.57 Å². The largest absolute Gasteiger partial charge is 0.522 e. The van der Waals surface area contributed by atoms with Gasteiger partial charge in [0.05, 0.1) is 11.1 Å². The Balaban J connectivity index is 1.84. The molecule has 0 unspecified atom stereocenters. The van der Waals surface area contributed by atoms with Gasteiger partial charge in [-0.2, -0.15) is 0 Å². The third-order valence-electron chi connectivity index (χ3n) is 2.95. The molecule has 1 saturated carbocycles. The predicted molar refractivity (Wildman–Crippen MR) is 76.5 cm³/mol. The van der Waals surface area contributed by atoms with Crippen molar-refractivity contribution in [2.24, 2.45) is 5.92 Å². The number of hydrogen-bond donors (Lipinski definition) is 1. The Labute approximate surface area is 132 Å². The molecule has 3 nitrogen and oxygen atoms in total. The van der Waals surface area contributed by atoms with Gasteiger partial charge in [0.25, 0.3) is 0 Å². The van der Waals surface area contributed by atoms with Gasteiger partial charge in [0.15, 0.2) is 0 Å². The first-order chi connectivity index (χ1) is 9.24. The van der Waals surface area contributed by atoms with Crippen molar-refractivity contribution in [1.82, 2.24) is 0 Å². The predicted octanol–water partition coefficient (Wildman–Crippen LogP) is 4.20. The second kappa shape index (κ2) is 6.07. The number of halogens is 5. The molecule has 0 saturated heterocycles. The van der Waals surface area contributed by atoms with Crippen LogP contribution in [-0.2, 0) is 9.53 Å². The van der Waals surface area contributed by atoms with E-state index in [9.17, 15) is 18.0 Å². The van der Waals surface area contributed by atoms with Gasteiger partial charge in [0, 0.05) is 15.2 Å². The molecule has 1 fully saturated rings. The van der Waals surface area contributed by atoms with Crippen LogP contribution in [0.2, 0.25) is 5.02 Å². The van der Waals surface area contributed by atoms with E-state index in [0.29, 0.717) is 10.7 Å². The first-order valence-corrected chi connectivity index (χ1v) is 7.21. The molecule has 0 heterocycles. The maximum absolute atomic E-state index is 11.9. The number of carbonyl (C=O) groups is 1. The SMILES string of the molecule is O=C(Nc1ccc(I)c(Cl)c1)C1CC(OC(F)(F)F)C1.